The zero-order valence-corrected chi connectivity index (χ0v) is 13.7. The molecule has 2 N–H and O–H groups in total. The molecule has 0 aromatic heterocycles. The number of thiocarbonyl (C=S) groups is 1. The van der Waals surface area contributed by atoms with Crippen LogP contribution in [0.15, 0.2) is 0 Å². The molecule has 0 spiro atoms. The molecule has 0 aliphatic heterocycles. The summed E-state index contributed by atoms with van der Waals surface area (Å²) in [6.07, 6.45) is 1.63. The number of nitrogens with zero attached hydrogens (tertiary/aromatic N) is 1. The highest BCUT2D eigenvalue weighted by atomic mass is 32.1. The van der Waals surface area contributed by atoms with Crippen molar-refractivity contribution in [2.75, 3.05) is 19.7 Å². The number of ether oxygens (including phenoxy) is 1. The molecule has 19 heavy (non-hydrogen) atoms. The first-order chi connectivity index (χ1) is 8.64. The second-order valence-corrected chi connectivity index (χ2v) is 6.56. The minimum absolute atomic E-state index is 0.133. The molecular weight excluding hydrogens is 260 g/mol. The minimum Gasteiger partial charge on any atom is -0.393 e. The van der Waals surface area contributed by atoms with Crippen molar-refractivity contribution in [3.05, 3.63) is 0 Å². The van der Waals surface area contributed by atoms with Crippen molar-refractivity contribution in [1.82, 2.24) is 4.90 Å². The lowest BCUT2D eigenvalue weighted by Gasteiger charge is -2.29. The topological polar surface area (TPSA) is 55.6 Å². The van der Waals surface area contributed by atoms with Gasteiger partial charge in [-0.2, -0.15) is 0 Å². The van der Waals surface area contributed by atoms with Crippen LogP contribution in [0.1, 0.15) is 47.5 Å². The zero-order chi connectivity index (χ0) is 15.1. The van der Waals surface area contributed by atoms with Crippen LogP contribution < -0.4 is 5.73 Å². The lowest BCUT2D eigenvalue weighted by molar-refractivity contribution is -0.139. The highest BCUT2D eigenvalue weighted by Crippen LogP contribution is 2.18. The maximum absolute atomic E-state index is 12.3. The third kappa shape index (κ3) is 8.94. The lowest BCUT2D eigenvalue weighted by Crippen LogP contribution is -2.41. The Morgan fingerprint density at radius 1 is 1.32 bits per heavy atom. The van der Waals surface area contributed by atoms with E-state index in [4.69, 9.17) is 22.7 Å². The Kier molecular flexibility index (Phi) is 8.18. The molecular formula is C14H28N2O2S. The molecule has 0 saturated heterocycles. The maximum atomic E-state index is 12.3. The van der Waals surface area contributed by atoms with Gasteiger partial charge in [-0.1, -0.05) is 33.0 Å². The van der Waals surface area contributed by atoms with Crippen molar-refractivity contribution >= 4 is 23.1 Å². The Bertz CT molecular complexity index is 298. The van der Waals surface area contributed by atoms with Crippen molar-refractivity contribution in [3.8, 4) is 0 Å². The van der Waals surface area contributed by atoms with Crippen LogP contribution >= 0.6 is 12.2 Å². The summed E-state index contributed by atoms with van der Waals surface area (Å²) in [5.74, 6) is 0.133. The summed E-state index contributed by atoms with van der Waals surface area (Å²) in [5.41, 5.74) is 5.13. The first kappa shape index (κ1) is 18.3. The van der Waals surface area contributed by atoms with Crippen LogP contribution in [0.3, 0.4) is 0 Å². The molecule has 0 aromatic rings. The lowest BCUT2D eigenvalue weighted by atomic mass is 9.94. The minimum atomic E-state index is -0.380. The van der Waals surface area contributed by atoms with E-state index in [9.17, 15) is 4.79 Å². The van der Waals surface area contributed by atoms with E-state index in [0.717, 1.165) is 6.42 Å². The second-order valence-electron chi connectivity index (χ2n) is 6.03. The van der Waals surface area contributed by atoms with Gasteiger partial charge in [0.1, 0.15) is 0 Å². The largest absolute Gasteiger partial charge is 0.393 e. The van der Waals surface area contributed by atoms with Gasteiger partial charge in [-0.25, -0.2) is 0 Å². The molecule has 1 amide bonds. The van der Waals surface area contributed by atoms with Crippen LogP contribution in [0, 0.1) is 5.41 Å². The molecule has 0 unspecified atom stereocenters. The predicted octanol–water partition coefficient (Wildman–Crippen LogP) is 2.35. The smallest absolute Gasteiger partial charge is 0.227 e. The van der Waals surface area contributed by atoms with Gasteiger partial charge in [-0.3, -0.25) is 4.79 Å². The van der Waals surface area contributed by atoms with Crippen molar-refractivity contribution in [3.63, 3.8) is 0 Å². The van der Waals surface area contributed by atoms with Gasteiger partial charge in [0.05, 0.1) is 11.1 Å². The number of hydrogen-bond donors (Lipinski definition) is 1. The quantitative estimate of drug-likeness (QED) is 0.550. The molecule has 0 aromatic carbocycles. The molecule has 0 atom stereocenters. The van der Waals surface area contributed by atoms with Gasteiger partial charge in [0.15, 0.2) is 0 Å². The molecule has 0 bridgehead atoms. The third-order valence-corrected chi connectivity index (χ3v) is 2.78. The van der Waals surface area contributed by atoms with Crippen LogP contribution in [-0.4, -0.2) is 41.6 Å². The van der Waals surface area contributed by atoms with Crippen molar-refractivity contribution in [1.29, 1.82) is 0 Å². The SMILES string of the molecule is CC(C)OCCCN(CCC(N)=S)C(=O)C(C)(C)C. The molecule has 0 saturated carbocycles. The average molecular weight is 288 g/mol. The fourth-order valence-electron chi connectivity index (χ4n) is 1.61. The number of rotatable bonds is 8. The molecule has 5 heteroatoms. The molecule has 112 valence electrons. The zero-order valence-electron chi connectivity index (χ0n) is 12.9. The van der Waals surface area contributed by atoms with E-state index in [2.05, 4.69) is 0 Å². The molecule has 4 nitrogen and oxygen atoms in total. The van der Waals surface area contributed by atoms with Gasteiger partial charge in [0, 0.05) is 31.5 Å². The second kappa shape index (κ2) is 8.48. The van der Waals surface area contributed by atoms with Crippen molar-refractivity contribution < 1.29 is 9.53 Å². The predicted molar refractivity (Wildman–Crippen MR) is 83.1 cm³/mol. The molecule has 0 heterocycles. The van der Waals surface area contributed by atoms with E-state index in [0.29, 0.717) is 31.1 Å². The summed E-state index contributed by atoms with van der Waals surface area (Å²) in [7, 11) is 0. The summed E-state index contributed by atoms with van der Waals surface area (Å²) in [5, 5.41) is 0. The van der Waals surface area contributed by atoms with E-state index < -0.39 is 0 Å². The molecule has 0 rings (SSSR count). The standard InChI is InChI=1S/C14H28N2O2S/c1-11(2)18-10-6-8-16(9-7-12(15)19)13(17)14(3,4)5/h11H,6-10H2,1-5H3,(H2,15,19). The third-order valence-electron chi connectivity index (χ3n) is 2.58. The van der Waals surface area contributed by atoms with Crippen LogP contribution in [0.2, 0.25) is 0 Å². The van der Waals surface area contributed by atoms with Gasteiger partial charge in [-0.15, -0.1) is 0 Å². The van der Waals surface area contributed by atoms with Crippen LogP contribution in [0.25, 0.3) is 0 Å². The number of nitrogens with two attached hydrogens (primary N) is 1. The molecule has 0 aliphatic carbocycles. The van der Waals surface area contributed by atoms with E-state index >= 15 is 0 Å². The van der Waals surface area contributed by atoms with E-state index in [-0.39, 0.29) is 17.4 Å². The number of carbonyl (C=O) groups excluding carboxylic acids is 1. The molecule has 0 radical (unpaired) electrons. The molecule has 0 aliphatic rings. The highest BCUT2D eigenvalue weighted by Gasteiger charge is 2.26. The Morgan fingerprint density at radius 2 is 1.89 bits per heavy atom. The Balaban J connectivity index is 4.34. The van der Waals surface area contributed by atoms with Crippen molar-refractivity contribution in [2.45, 2.75) is 53.6 Å². The van der Waals surface area contributed by atoms with Gasteiger partial charge < -0.3 is 15.4 Å². The highest BCUT2D eigenvalue weighted by molar-refractivity contribution is 7.80. The monoisotopic (exact) mass is 288 g/mol. The number of amides is 1. The Morgan fingerprint density at radius 3 is 2.32 bits per heavy atom. The summed E-state index contributed by atoms with van der Waals surface area (Å²) in [6, 6.07) is 0. The summed E-state index contributed by atoms with van der Waals surface area (Å²) >= 11 is 4.88. The van der Waals surface area contributed by atoms with Gasteiger partial charge in [0.25, 0.3) is 0 Å². The van der Waals surface area contributed by atoms with Gasteiger partial charge in [0.2, 0.25) is 5.91 Å². The van der Waals surface area contributed by atoms with Crippen molar-refractivity contribution in [2.24, 2.45) is 11.1 Å². The van der Waals surface area contributed by atoms with Crippen LogP contribution in [0.5, 0.6) is 0 Å². The van der Waals surface area contributed by atoms with E-state index in [1.54, 1.807) is 0 Å². The fourth-order valence-corrected chi connectivity index (χ4v) is 1.70. The van der Waals surface area contributed by atoms with Crippen LogP contribution in [-0.2, 0) is 9.53 Å². The number of hydrogen-bond acceptors (Lipinski definition) is 3. The maximum Gasteiger partial charge on any atom is 0.227 e. The first-order valence-corrected chi connectivity index (χ1v) is 7.24. The normalized spacial score (nSPS) is 11.7. The Hall–Kier alpha value is -0.680. The Labute approximate surface area is 122 Å². The summed E-state index contributed by atoms with van der Waals surface area (Å²) in [4.78, 5) is 14.6. The van der Waals surface area contributed by atoms with E-state index in [1.807, 2.05) is 39.5 Å². The fraction of sp³-hybridized carbons (Fsp3) is 0.857. The summed E-state index contributed by atoms with van der Waals surface area (Å²) < 4.78 is 5.49. The average Bonchev–Trinajstić information content (AvgIpc) is 2.25. The van der Waals surface area contributed by atoms with Crippen LogP contribution in [0.4, 0.5) is 0 Å². The van der Waals surface area contributed by atoms with E-state index in [1.165, 1.54) is 0 Å². The van der Waals surface area contributed by atoms with Gasteiger partial charge >= 0.3 is 0 Å². The molecule has 0 fully saturated rings. The van der Waals surface area contributed by atoms with Gasteiger partial charge in [-0.05, 0) is 20.3 Å². The first-order valence-electron chi connectivity index (χ1n) is 6.84. The number of carbonyl (C=O) groups is 1. The summed E-state index contributed by atoms with van der Waals surface area (Å²) in [6.45, 7) is 11.7.